The van der Waals surface area contributed by atoms with E-state index in [0.717, 1.165) is 6.42 Å². The van der Waals surface area contributed by atoms with E-state index in [4.69, 9.17) is 9.47 Å². The van der Waals surface area contributed by atoms with Crippen molar-refractivity contribution in [2.45, 2.75) is 17.4 Å². The smallest absolute Gasteiger partial charge is 0.310 e. The lowest BCUT2D eigenvalue weighted by Gasteiger charge is -2.27. The molecule has 0 unspecified atom stereocenters. The Bertz CT molecular complexity index is 1070. The molecule has 1 aliphatic heterocycles. The number of alkyl halides is 1. The average molecular weight is 485 g/mol. The lowest BCUT2D eigenvalue weighted by Crippen LogP contribution is -2.40. The number of anilines is 2. The highest BCUT2D eigenvalue weighted by Crippen LogP contribution is 2.60. The van der Waals surface area contributed by atoms with Gasteiger partial charge in [0.2, 0.25) is 5.91 Å². The Morgan fingerprint density at radius 2 is 1.81 bits per heavy atom. The van der Waals surface area contributed by atoms with Gasteiger partial charge in [0.25, 0.3) is 5.91 Å². The summed E-state index contributed by atoms with van der Waals surface area (Å²) in [4.78, 5) is 38.0. The third-order valence-electron chi connectivity index (χ3n) is 6.55. The van der Waals surface area contributed by atoms with Gasteiger partial charge in [-0.25, -0.2) is 0 Å². The van der Waals surface area contributed by atoms with Gasteiger partial charge in [0.05, 0.1) is 23.8 Å². The number of hydrogen-bond donors (Lipinski definition) is 2. The average Bonchev–Trinajstić information content (AvgIpc) is 3.38. The molecule has 0 radical (unpaired) electrons. The molecule has 2 aromatic carbocycles. The van der Waals surface area contributed by atoms with Gasteiger partial charge in [-0.3, -0.25) is 14.4 Å². The maximum atomic E-state index is 13.1. The number of carbonyl (C=O) groups excluding carboxylic acids is 3. The quantitative estimate of drug-likeness (QED) is 0.500. The highest BCUT2D eigenvalue weighted by atomic mass is 79.9. The number of fused-ring (bicyclic) bond motifs is 1. The van der Waals surface area contributed by atoms with E-state index in [9.17, 15) is 14.4 Å². The van der Waals surface area contributed by atoms with E-state index in [-0.39, 0.29) is 46.5 Å². The van der Waals surface area contributed by atoms with Gasteiger partial charge in [0.15, 0.2) is 0 Å². The summed E-state index contributed by atoms with van der Waals surface area (Å²) in [6.07, 6.45) is 0.702. The number of ether oxygens (including phenoxy) is 2. The SMILES string of the molecule is COc1cccc(NC(=O)c2cccc(NC(=O)[C@@H]3[C@H]4C[C@H]5[C@H](OC(=O)[C@@H]53)[C@@H]4Br)c2)c1. The second-order valence-corrected chi connectivity index (χ2v) is 9.27. The van der Waals surface area contributed by atoms with Crippen LogP contribution in [0.25, 0.3) is 0 Å². The van der Waals surface area contributed by atoms with Gasteiger partial charge in [-0.2, -0.15) is 0 Å². The highest BCUT2D eigenvalue weighted by Gasteiger charge is 2.67. The first-order chi connectivity index (χ1) is 15.0. The molecule has 6 atom stereocenters. The van der Waals surface area contributed by atoms with Crippen LogP contribution in [-0.2, 0) is 14.3 Å². The van der Waals surface area contributed by atoms with Crippen LogP contribution in [0.15, 0.2) is 48.5 Å². The Hall–Kier alpha value is -2.87. The molecule has 31 heavy (non-hydrogen) atoms. The molecule has 0 spiro atoms. The van der Waals surface area contributed by atoms with Crippen LogP contribution in [0.3, 0.4) is 0 Å². The van der Waals surface area contributed by atoms with Crippen molar-refractivity contribution < 1.29 is 23.9 Å². The Morgan fingerprint density at radius 1 is 1.06 bits per heavy atom. The Labute approximate surface area is 187 Å². The minimum Gasteiger partial charge on any atom is -0.497 e. The molecule has 160 valence electrons. The summed E-state index contributed by atoms with van der Waals surface area (Å²) in [5.74, 6) is -0.744. The normalized spacial score (nSPS) is 30.1. The van der Waals surface area contributed by atoms with Crippen LogP contribution in [-0.4, -0.2) is 35.8 Å². The zero-order valence-corrected chi connectivity index (χ0v) is 18.3. The topological polar surface area (TPSA) is 93.7 Å². The molecule has 2 bridgehead atoms. The Balaban J connectivity index is 1.30. The van der Waals surface area contributed by atoms with E-state index >= 15 is 0 Å². The second kappa shape index (κ2) is 7.67. The van der Waals surface area contributed by atoms with Crippen molar-refractivity contribution in [2.75, 3.05) is 17.7 Å². The highest BCUT2D eigenvalue weighted by molar-refractivity contribution is 9.09. The minimum absolute atomic E-state index is 0.0101. The number of rotatable bonds is 5. The molecule has 1 heterocycles. The molecule has 2 aromatic rings. The van der Waals surface area contributed by atoms with Gasteiger partial charge in [0, 0.05) is 28.9 Å². The van der Waals surface area contributed by atoms with Crippen molar-refractivity contribution in [1.82, 2.24) is 0 Å². The third-order valence-corrected chi connectivity index (χ3v) is 7.75. The van der Waals surface area contributed by atoms with Crippen molar-refractivity contribution >= 4 is 45.1 Å². The molecular weight excluding hydrogens is 464 g/mol. The van der Waals surface area contributed by atoms with E-state index in [1.54, 1.807) is 55.6 Å². The molecule has 0 aromatic heterocycles. The monoisotopic (exact) mass is 484 g/mol. The zero-order valence-electron chi connectivity index (χ0n) is 16.7. The number of methoxy groups -OCH3 is 1. The Kier molecular flexibility index (Phi) is 4.97. The standard InChI is InChI=1S/C23H21BrN2O5/c1-30-14-7-3-6-13(9-14)25-21(27)11-4-2-5-12(8-11)26-22(28)17-15-10-16-18(17)23(29)31-20(16)19(15)24/h2-9,15-20H,10H2,1H3,(H,25,27)(H,26,28)/t15-,16-,17-,18+,19-,20+/m1/s1. The van der Waals surface area contributed by atoms with Crippen LogP contribution in [0.1, 0.15) is 16.8 Å². The summed E-state index contributed by atoms with van der Waals surface area (Å²) < 4.78 is 10.7. The van der Waals surface area contributed by atoms with Crippen molar-refractivity contribution in [3.8, 4) is 5.75 Å². The van der Waals surface area contributed by atoms with E-state index in [2.05, 4.69) is 26.6 Å². The van der Waals surface area contributed by atoms with Gasteiger partial charge >= 0.3 is 5.97 Å². The number of benzene rings is 2. The molecule has 1 saturated heterocycles. The van der Waals surface area contributed by atoms with E-state index in [0.29, 0.717) is 22.7 Å². The van der Waals surface area contributed by atoms with Crippen LogP contribution in [0.2, 0.25) is 0 Å². The molecule has 3 fully saturated rings. The van der Waals surface area contributed by atoms with E-state index < -0.39 is 5.92 Å². The number of nitrogens with one attached hydrogen (secondary N) is 2. The molecule has 2 saturated carbocycles. The van der Waals surface area contributed by atoms with Gasteiger partial charge in [-0.1, -0.05) is 28.1 Å². The summed E-state index contributed by atoms with van der Waals surface area (Å²) >= 11 is 3.62. The lowest BCUT2D eigenvalue weighted by molar-refractivity contribution is -0.145. The summed E-state index contributed by atoms with van der Waals surface area (Å²) in [7, 11) is 1.56. The fourth-order valence-electron chi connectivity index (χ4n) is 5.20. The molecular formula is C23H21BrN2O5. The maximum absolute atomic E-state index is 13.1. The number of carbonyl (C=O) groups is 3. The van der Waals surface area contributed by atoms with Crippen molar-refractivity contribution in [3.63, 3.8) is 0 Å². The number of amides is 2. The second-order valence-electron chi connectivity index (χ2n) is 8.22. The third kappa shape index (κ3) is 3.39. The summed E-state index contributed by atoms with van der Waals surface area (Å²) in [6.45, 7) is 0. The van der Waals surface area contributed by atoms with Gasteiger partial charge < -0.3 is 20.1 Å². The lowest BCUT2D eigenvalue weighted by atomic mass is 9.79. The number of esters is 1. The number of halogens is 1. The molecule has 3 aliphatic rings. The van der Waals surface area contributed by atoms with Crippen LogP contribution in [0.4, 0.5) is 11.4 Å². The summed E-state index contributed by atoms with van der Waals surface area (Å²) in [6, 6.07) is 13.8. The molecule has 2 N–H and O–H groups in total. The van der Waals surface area contributed by atoms with Gasteiger partial charge in [0.1, 0.15) is 11.9 Å². The van der Waals surface area contributed by atoms with Gasteiger partial charge in [-0.05, 0) is 42.7 Å². The predicted octanol–water partition coefficient (Wildman–Crippen LogP) is 3.46. The Morgan fingerprint density at radius 3 is 2.58 bits per heavy atom. The van der Waals surface area contributed by atoms with Gasteiger partial charge in [-0.15, -0.1) is 0 Å². The van der Waals surface area contributed by atoms with Crippen molar-refractivity contribution in [2.24, 2.45) is 23.7 Å². The van der Waals surface area contributed by atoms with Crippen molar-refractivity contribution in [3.05, 3.63) is 54.1 Å². The molecule has 7 nitrogen and oxygen atoms in total. The summed E-state index contributed by atoms with van der Waals surface area (Å²) in [5, 5.41) is 5.73. The van der Waals surface area contributed by atoms with Crippen LogP contribution < -0.4 is 15.4 Å². The largest absolute Gasteiger partial charge is 0.497 e. The van der Waals surface area contributed by atoms with E-state index in [1.165, 1.54) is 0 Å². The first-order valence-electron chi connectivity index (χ1n) is 10.2. The van der Waals surface area contributed by atoms with Crippen LogP contribution >= 0.6 is 15.9 Å². The van der Waals surface area contributed by atoms with Crippen molar-refractivity contribution in [1.29, 1.82) is 0 Å². The fourth-order valence-corrected chi connectivity index (χ4v) is 6.24. The minimum atomic E-state index is -0.421. The van der Waals surface area contributed by atoms with Crippen LogP contribution in [0, 0.1) is 23.7 Å². The predicted molar refractivity (Wildman–Crippen MR) is 117 cm³/mol. The molecule has 2 aliphatic carbocycles. The number of hydrogen-bond acceptors (Lipinski definition) is 5. The first kappa shape index (κ1) is 20.1. The van der Waals surface area contributed by atoms with Crippen LogP contribution in [0.5, 0.6) is 5.75 Å². The molecule has 8 heteroatoms. The maximum Gasteiger partial charge on any atom is 0.310 e. The summed E-state index contributed by atoms with van der Waals surface area (Å²) in [5.41, 5.74) is 1.53. The molecule has 2 amide bonds. The fraction of sp³-hybridized carbons (Fsp3) is 0.348. The zero-order chi connectivity index (χ0) is 21.7. The molecule has 5 rings (SSSR count). The first-order valence-corrected chi connectivity index (χ1v) is 11.1. The van der Waals surface area contributed by atoms with E-state index in [1.807, 2.05) is 0 Å².